The standard InChI is InChI=1S/C23H29N3O3S/c1-16-4-6-19(7-5-16)24-22(27)15-30-18(3)23(28)25-21-9-8-20(14-17(21)2)26-10-12-29-13-11-26/h4-9,14,18H,10-13,15H2,1-3H3,(H,24,27)(H,25,28). The number of morpholine rings is 1. The molecule has 1 aliphatic rings. The van der Waals surface area contributed by atoms with Crippen molar-refractivity contribution < 1.29 is 14.3 Å². The summed E-state index contributed by atoms with van der Waals surface area (Å²) in [6.45, 7) is 9.04. The molecule has 160 valence electrons. The highest BCUT2D eigenvalue weighted by atomic mass is 32.2. The normalized spacial score (nSPS) is 14.8. The maximum Gasteiger partial charge on any atom is 0.237 e. The SMILES string of the molecule is Cc1ccc(NC(=O)CSC(C)C(=O)Nc2ccc(N3CCOCC3)cc2C)cc1. The lowest BCUT2D eigenvalue weighted by molar-refractivity contribution is -0.115. The molecule has 30 heavy (non-hydrogen) atoms. The van der Waals surface area contributed by atoms with Gasteiger partial charge in [0.05, 0.1) is 24.2 Å². The molecule has 1 unspecified atom stereocenters. The average Bonchev–Trinajstić information content (AvgIpc) is 2.75. The van der Waals surface area contributed by atoms with Crippen LogP contribution in [0.15, 0.2) is 42.5 Å². The summed E-state index contributed by atoms with van der Waals surface area (Å²) in [5.74, 6) is -0.00265. The van der Waals surface area contributed by atoms with E-state index >= 15 is 0 Å². The number of hydrogen-bond acceptors (Lipinski definition) is 5. The fourth-order valence-corrected chi connectivity index (χ4v) is 3.83. The van der Waals surface area contributed by atoms with Gasteiger partial charge in [-0.3, -0.25) is 9.59 Å². The topological polar surface area (TPSA) is 70.7 Å². The number of ether oxygens (including phenoxy) is 1. The van der Waals surface area contributed by atoms with E-state index in [1.54, 1.807) is 0 Å². The van der Waals surface area contributed by atoms with Crippen LogP contribution in [0.4, 0.5) is 17.1 Å². The third-order valence-electron chi connectivity index (χ3n) is 5.01. The van der Waals surface area contributed by atoms with E-state index in [2.05, 4.69) is 21.6 Å². The Morgan fingerprint density at radius 3 is 2.43 bits per heavy atom. The second kappa shape index (κ2) is 10.5. The van der Waals surface area contributed by atoms with Crippen LogP contribution in [0, 0.1) is 13.8 Å². The van der Waals surface area contributed by atoms with E-state index in [4.69, 9.17) is 4.74 Å². The van der Waals surface area contributed by atoms with Gasteiger partial charge in [-0.2, -0.15) is 0 Å². The van der Waals surface area contributed by atoms with Gasteiger partial charge in [-0.15, -0.1) is 11.8 Å². The molecular weight excluding hydrogens is 398 g/mol. The molecule has 0 radical (unpaired) electrons. The average molecular weight is 428 g/mol. The van der Waals surface area contributed by atoms with Crippen molar-refractivity contribution in [3.8, 4) is 0 Å². The van der Waals surface area contributed by atoms with Gasteiger partial charge >= 0.3 is 0 Å². The highest BCUT2D eigenvalue weighted by molar-refractivity contribution is 8.01. The van der Waals surface area contributed by atoms with Crippen LogP contribution in [-0.4, -0.2) is 49.1 Å². The Kier molecular flexibility index (Phi) is 7.76. The molecule has 6 nitrogen and oxygen atoms in total. The first kappa shape index (κ1) is 22.2. The Bertz CT molecular complexity index is 880. The fourth-order valence-electron chi connectivity index (χ4n) is 3.15. The van der Waals surface area contributed by atoms with Gasteiger partial charge in [-0.1, -0.05) is 17.7 Å². The second-order valence-electron chi connectivity index (χ2n) is 7.46. The summed E-state index contributed by atoms with van der Waals surface area (Å²) >= 11 is 1.32. The summed E-state index contributed by atoms with van der Waals surface area (Å²) < 4.78 is 5.40. The number of aryl methyl sites for hydroxylation is 2. The predicted molar refractivity (Wildman–Crippen MR) is 125 cm³/mol. The van der Waals surface area contributed by atoms with Gasteiger partial charge in [0, 0.05) is 30.2 Å². The van der Waals surface area contributed by atoms with E-state index in [1.165, 1.54) is 11.8 Å². The largest absolute Gasteiger partial charge is 0.378 e. The quantitative estimate of drug-likeness (QED) is 0.703. The van der Waals surface area contributed by atoms with Crippen LogP contribution in [0.3, 0.4) is 0 Å². The number of nitrogens with one attached hydrogen (secondary N) is 2. The molecule has 0 saturated carbocycles. The summed E-state index contributed by atoms with van der Waals surface area (Å²) in [6.07, 6.45) is 0. The van der Waals surface area contributed by atoms with E-state index in [-0.39, 0.29) is 22.8 Å². The van der Waals surface area contributed by atoms with Crippen molar-refractivity contribution in [1.82, 2.24) is 0 Å². The van der Waals surface area contributed by atoms with E-state index < -0.39 is 0 Å². The van der Waals surface area contributed by atoms with Crippen LogP contribution < -0.4 is 15.5 Å². The third kappa shape index (κ3) is 6.24. The summed E-state index contributed by atoms with van der Waals surface area (Å²) in [6, 6.07) is 13.7. The van der Waals surface area contributed by atoms with Gasteiger partial charge in [0.25, 0.3) is 0 Å². The molecule has 7 heteroatoms. The predicted octanol–water partition coefficient (Wildman–Crippen LogP) is 3.84. The number of anilines is 3. The summed E-state index contributed by atoms with van der Waals surface area (Å²) in [4.78, 5) is 27.0. The van der Waals surface area contributed by atoms with Crippen molar-refractivity contribution in [1.29, 1.82) is 0 Å². The minimum atomic E-state index is -0.341. The first-order chi connectivity index (χ1) is 14.4. The lowest BCUT2D eigenvalue weighted by Gasteiger charge is -2.29. The van der Waals surface area contributed by atoms with Crippen LogP contribution in [0.1, 0.15) is 18.1 Å². The van der Waals surface area contributed by atoms with E-state index in [0.717, 1.165) is 54.5 Å². The molecule has 1 saturated heterocycles. The lowest BCUT2D eigenvalue weighted by atomic mass is 10.1. The van der Waals surface area contributed by atoms with Gasteiger partial charge in [0.15, 0.2) is 0 Å². The number of hydrogen-bond donors (Lipinski definition) is 2. The first-order valence-electron chi connectivity index (χ1n) is 10.1. The number of amides is 2. The number of rotatable bonds is 7. The molecule has 1 aliphatic heterocycles. The molecule has 0 spiro atoms. The number of benzene rings is 2. The molecule has 2 aromatic rings. The molecule has 2 N–H and O–H groups in total. The van der Waals surface area contributed by atoms with Crippen molar-refractivity contribution in [2.24, 2.45) is 0 Å². The minimum Gasteiger partial charge on any atom is -0.378 e. The van der Waals surface area contributed by atoms with Crippen molar-refractivity contribution in [2.75, 3.05) is 47.6 Å². The van der Waals surface area contributed by atoms with E-state index in [9.17, 15) is 9.59 Å². The highest BCUT2D eigenvalue weighted by Crippen LogP contribution is 2.24. The fraction of sp³-hybridized carbons (Fsp3) is 0.391. The Balaban J connectivity index is 1.48. The highest BCUT2D eigenvalue weighted by Gasteiger charge is 2.17. The maximum atomic E-state index is 12.6. The second-order valence-corrected chi connectivity index (χ2v) is 8.78. The Labute approximate surface area is 182 Å². The van der Waals surface area contributed by atoms with Crippen LogP contribution in [0.25, 0.3) is 0 Å². The number of carbonyl (C=O) groups excluding carboxylic acids is 2. The van der Waals surface area contributed by atoms with Crippen molar-refractivity contribution in [3.05, 3.63) is 53.6 Å². The zero-order valence-electron chi connectivity index (χ0n) is 17.7. The number of nitrogens with zero attached hydrogens (tertiary/aromatic N) is 1. The van der Waals surface area contributed by atoms with Crippen LogP contribution in [-0.2, 0) is 14.3 Å². The van der Waals surface area contributed by atoms with Gasteiger partial charge in [-0.05, 0) is 56.7 Å². The molecule has 1 fully saturated rings. The van der Waals surface area contributed by atoms with Crippen molar-refractivity contribution in [3.63, 3.8) is 0 Å². The summed E-state index contributed by atoms with van der Waals surface area (Å²) in [7, 11) is 0. The Morgan fingerprint density at radius 2 is 1.77 bits per heavy atom. The van der Waals surface area contributed by atoms with E-state index in [0.29, 0.717) is 0 Å². The number of thioether (sulfide) groups is 1. The molecule has 3 rings (SSSR count). The van der Waals surface area contributed by atoms with Crippen molar-refractivity contribution >= 4 is 40.6 Å². The monoisotopic (exact) mass is 427 g/mol. The molecule has 1 heterocycles. The minimum absolute atomic E-state index is 0.106. The summed E-state index contributed by atoms with van der Waals surface area (Å²) in [5.41, 5.74) is 4.86. The molecule has 0 bridgehead atoms. The van der Waals surface area contributed by atoms with Crippen molar-refractivity contribution in [2.45, 2.75) is 26.0 Å². The molecule has 1 atom stereocenters. The maximum absolute atomic E-state index is 12.6. The summed E-state index contributed by atoms with van der Waals surface area (Å²) in [5, 5.41) is 5.50. The molecule has 2 amide bonds. The Hall–Kier alpha value is -2.51. The van der Waals surface area contributed by atoms with Gasteiger partial charge in [-0.25, -0.2) is 0 Å². The van der Waals surface area contributed by atoms with Crippen LogP contribution >= 0.6 is 11.8 Å². The van der Waals surface area contributed by atoms with Crippen LogP contribution in [0.2, 0.25) is 0 Å². The van der Waals surface area contributed by atoms with Gasteiger partial charge in [0.2, 0.25) is 11.8 Å². The smallest absolute Gasteiger partial charge is 0.237 e. The zero-order chi connectivity index (χ0) is 21.5. The third-order valence-corrected chi connectivity index (χ3v) is 6.16. The molecule has 0 aliphatic carbocycles. The lowest BCUT2D eigenvalue weighted by Crippen LogP contribution is -2.36. The molecular formula is C23H29N3O3S. The molecule has 2 aromatic carbocycles. The molecule has 0 aromatic heterocycles. The zero-order valence-corrected chi connectivity index (χ0v) is 18.6. The van der Waals surface area contributed by atoms with Gasteiger partial charge in [0.1, 0.15) is 0 Å². The number of carbonyl (C=O) groups is 2. The van der Waals surface area contributed by atoms with E-state index in [1.807, 2.05) is 57.2 Å². The Morgan fingerprint density at radius 1 is 1.07 bits per heavy atom. The first-order valence-corrected chi connectivity index (χ1v) is 11.2. The van der Waals surface area contributed by atoms with Crippen LogP contribution in [0.5, 0.6) is 0 Å². The van der Waals surface area contributed by atoms with Gasteiger partial charge < -0.3 is 20.3 Å².